The molecular formula is C16H24F3N3O. The third kappa shape index (κ3) is 5.69. The van der Waals surface area contributed by atoms with Crippen molar-refractivity contribution in [3.63, 3.8) is 0 Å². The van der Waals surface area contributed by atoms with E-state index in [-0.39, 0.29) is 5.22 Å². The SMILES string of the molecule is CC/C(C)=c1\ccc(C(F)(F)C=O)c(F)\c1=C\N(C)C.CNN. The zero-order chi connectivity index (χ0) is 18.2. The zero-order valence-electron chi connectivity index (χ0n) is 14.1. The number of carbonyl (C=O) groups is 1. The van der Waals surface area contributed by atoms with E-state index in [1.165, 1.54) is 12.3 Å². The van der Waals surface area contributed by atoms with Crippen LogP contribution in [-0.2, 0) is 10.7 Å². The molecule has 0 atom stereocenters. The Bertz CT molecular complexity index is 643. The average Bonchev–Trinajstić information content (AvgIpc) is 2.48. The number of rotatable bonds is 4. The molecule has 1 aromatic rings. The van der Waals surface area contributed by atoms with Crippen molar-refractivity contribution in [1.82, 2.24) is 10.3 Å². The first-order valence-electron chi connectivity index (χ1n) is 7.04. The number of nitrogens with zero attached hydrogens (tertiary/aromatic N) is 1. The monoisotopic (exact) mass is 331 g/mol. The Balaban J connectivity index is 0.00000149. The summed E-state index contributed by atoms with van der Waals surface area (Å²) in [5, 5.41) is 0.650. The highest BCUT2D eigenvalue weighted by molar-refractivity contribution is 5.64. The number of hydrazine groups is 1. The third-order valence-corrected chi connectivity index (χ3v) is 3.06. The molecule has 0 unspecified atom stereocenters. The number of hydrogen-bond acceptors (Lipinski definition) is 4. The van der Waals surface area contributed by atoms with Crippen LogP contribution in [-0.4, -0.2) is 32.3 Å². The van der Waals surface area contributed by atoms with Crippen molar-refractivity contribution in [1.29, 1.82) is 0 Å². The van der Waals surface area contributed by atoms with Crippen LogP contribution < -0.4 is 21.7 Å². The molecule has 0 spiro atoms. The minimum atomic E-state index is -3.82. The maximum absolute atomic E-state index is 14.4. The van der Waals surface area contributed by atoms with Gasteiger partial charge in [0.25, 0.3) is 0 Å². The van der Waals surface area contributed by atoms with E-state index in [1.54, 1.807) is 26.0 Å². The fourth-order valence-electron chi connectivity index (χ4n) is 1.86. The van der Waals surface area contributed by atoms with Crippen LogP contribution in [0.5, 0.6) is 0 Å². The van der Waals surface area contributed by atoms with E-state index in [0.29, 0.717) is 11.6 Å². The van der Waals surface area contributed by atoms with Gasteiger partial charge in [-0.15, -0.1) is 0 Å². The maximum Gasteiger partial charge on any atom is 0.330 e. The summed E-state index contributed by atoms with van der Waals surface area (Å²) in [6.07, 6.45) is 1.58. The van der Waals surface area contributed by atoms with Crippen LogP contribution >= 0.6 is 0 Å². The summed E-state index contributed by atoms with van der Waals surface area (Å²) in [4.78, 5) is 12.0. The fraction of sp³-hybridized carbons (Fsp3) is 0.438. The molecule has 0 heterocycles. The van der Waals surface area contributed by atoms with Gasteiger partial charge in [0.2, 0.25) is 0 Å². The second-order valence-electron chi connectivity index (χ2n) is 5.14. The second kappa shape index (κ2) is 9.32. The van der Waals surface area contributed by atoms with Crippen molar-refractivity contribution in [2.24, 2.45) is 5.84 Å². The summed E-state index contributed by atoms with van der Waals surface area (Å²) in [5.74, 6) is -0.279. The van der Waals surface area contributed by atoms with Gasteiger partial charge < -0.3 is 4.90 Å². The Morgan fingerprint density at radius 2 is 1.91 bits per heavy atom. The number of benzene rings is 1. The van der Waals surface area contributed by atoms with Crippen LogP contribution in [0.25, 0.3) is 11.8 Å². The number of hydrogen-bond donors (Lipinski definition) is 2. The Morgan fingerprint density at radius 3 is 2.30 bits per heavy atom. The van der Waals surface area contributed by atoms with E-state index in [1.807, 2.05) is 13.8 Å². The van der Waals surface area contributed by atoms with Crippen molar-refractivity contribution in [2.45, 2.75) is 26.2 Å². The van der Waals surface area contributed by atoms with Crippen LogP contribution in [0.2, 0.25) is 0 Å². The van der Waals surface area contributed by atoms with Gasteiger partial charge in [-0.2, -0.15) is 8.78 Å². The molecule has 0 amide bonds. The molecule has 23 heavy (non-hydrogen) atoms. The summed E-state index contributed by atoms with van der Waals surface area (Å²) in [6, 6.07) is 2.41. The Hall–Kier alpha value is -1.86. The molecule has 0 radical (unpaired) electrons. The fourth-order valence-corrected chi connectivity index (χ4v) is 1.86. The summed E-state index contributed by atoms with van der Waals surface area (Å²) in [5.41, 5.74) is 2.24. The largest absolute Gasteiger partial charge is 0.383 e. The summed E-state index contributed by atoms with van der Waals surface area (Å²) < 4.78 is 41.2. The molecule has 0 bridgehead atoms. The molecule has 1 aromatic carbocycles. The lowest BCUT2D eigenvalue weighted by Crippen LogP contribution is -2.35. The minimum Gasteiger partial charge on any atom is -0.383 e. The van der Waals surface area contributed by atoms with Gasteiger partial charge >= 0.3 is 5.92 Å². The quantitative estimate of drug-likeness (QED) is 0.492. The minimum absolute atomic E-state index is 0.0772. The lowest BCUT2D eigenvalue weighted by Gasteiger charge is -2.13. The van der Waals surface area contributed by atoms with Crippen molar-refractivity contribution in [3.8, 4) is 0 Å². The van der Waals surface area contributed by atoms with Gasteiger partial charge in [-0.3, -0.25) is 16.1 Å². The number of alkyl halides is 2. The third-order valence-electron chi connectivity index (χ3n) is 3.06. The Kier molecular flexibility index (Phi) is 8.56. The van der Waals surface area contributed by atoms with E-state index in [9.17, 15) is 18.0 Å². The smallest absolute Gasteiger partial charge is 0.330 e. The summed E-state index contributed by atoms with van der Waals surface area (Å²) >= 11 is 0. The van der Waals surface area contributed by atoms with Crippen molar-refractivity contribution in [3.05, 3.63) is 34.0 Å². The number of halogens is 3. The number of nitrogens with two attached hydrogens (primary N) is 1. The highest BCUT2D eigenvalue weighted by Gasteiger charge is 2.34. The molecule has 0 aliphatic heterocycles. The van der Waals surface area contributed by atoms with Crippen LogP contribution in [0.3, 0.4) is 0 Å². The van der Waals surface area contributed by atoms with E-state index in [4.69, 9.17) is 0 Å². The van der Waals surface area contributed by atoms with Crippen LogP contribution in [0.15, 0.2) is 12.1 Å². The highest BCUT2D eigenvalue weighted by Crippen LogP contribution is 2.25. The molecule has 0 saturated carbocycles. The van der Waals surface area contributed by atoms with Gasteiger partial charge in [-0.25, -0.2) is 4.39 Å². The Morgan fingerprint density at radius 1 is 1.39 bits per heavy atom. The summed E-state index contributed by atoms with van der Waals surface area (Å²) in [7, 11) is 5.00. The molecular weight excluding hydrogens is 307 g/mol. The van der Waals surface area contributed by atoms with Gasteiger partial charge in [-0.1, -0.05) is 18.6 Å². The predicted molar refractivity (Wildman–Crippen MR) is 86.4 cm³/mol. The number of carbonyl (C=O) groups excluding carboxylic acids is 1. The second-order valence-corrected chi connectivity index (χ2v) is 5.14. The maximum atomic E-state index is 14.4. The topological polar surface area (TPSA) is 58.4 Å². The first-order valence-corrected chi connectivity index (χ1v) is 7.04. The van der Waals surface area contributed by atoms with Crippen LogP contribution in [0, 0.1) is 5.82 Å². The van der Waals surface area contributed by atoms with Gasteiger partial charge in [0, 0.05) is 25.5 Å². The van der Waals surface area contributed by atoms with Crippen LogP contribution in [0.1, 0.15) is 25.8 Å². The average molecular weight is 331 g/mol. The molecule has 0 fully saturated rings. The van der Waals surface area contributed by atoms with Gasteiger partial charge in [0.15, 0.2) is 6.29 Å². The van der Waals surface area contributed by atoms with E-state index >= 15 is 0 Å². The molecule has 0 aliphatic rings. The van der Waals surface area contributed by atoms with Gasteiger partial charge in [0.1, 0.15) is 5.82 Å². The number of nitrogens with one attached hydrogen (secondary N) is 1. The normalized spacial score (nSPS) is 13.2. The lowest BCUT2D eigenvalue weighted by atomic mass is 10.0. The van der Waals surface area contributed by atoms with E-state index < -0.39 is 23.6 Å². The van der Waals surface area contributed by atoms with Gasteiger partial charge in [-0.05, 0) is 31.7 Å². The van der Waals surface area contributed by atoms with E-state index in [0.717, 1.165) is 11.6 Å². The lowest BCUT2D eigenvalue weighted by molar-refractivity contribution is -0.130. The molecule has 3 N–H and O–H groups in total. The first kappa shape index (κ1) is 21.1. The molecule has 1 rings (SSSR count). The number of aldehydes is 1. The first-order chi connectivity index (χ1) is 10.7. The zero-order valence-corrected chi connectivity index (χ0v) is 14.1. The van der Waals surface area contributed by atoms with Crippen LogP contribution in [0.4, 0.5) is 13.2 Å². The summed E-state index contributed by atoms with van der Waals surface area (Å²) in [6.45, 7) is 3.72. The van der Waals surface area contributed by atoms with Crippen molar-refractivity contribution >= 4 is 18.1 Å². The molecule has 4 nitrogen and oxygen atoms in total. The highest BCUT2D eigenvalue weighted by atomic mass is 19.3. The molecule has 0 aliphatic carbocycles. The standard InChI is InChI=1S/C15H18F3NO.CH6N2/c1-5-10(2)11-6-7-13(15(17,18)9-20)14(16)12(11)8-19(3)4;1-3-2/h6-9H,5H2,1-4H3;3H,2H2,1H3/b11-10+,12-8+;. The van der Waals surface area contributed by atoms with Crippen molar-refractivity contribution < 1.29 is 18.0 Å². The molecule has 130 valence electrons. The van der Waals surface area contributed by atoms with Crippen molar-refractivity contribution in [2.75, 3.05) is 21.1 Å². The Labute approximate surface area is 134 Å². The molecule has 0 aromatic heterocycles. The molecule has 7 heteroatoms. The molecule has 0 saturated heterocycles. The van der Waals surface area contributed by atoms with Gasteiger partial charge in [0.05, 0.1) is 5.56 Å². The van der Waals surface area contributed by atoms with E-state index in [2.05, 4.69) is 11.3 Å². The predicted octanol–water partition coefficient (Wildman–Crippen LogP) is 1.08.